The van der Waals surface area contributed by atoms with Crippen LogP contribution in [0.25, 0.3) is 0 Å². The van der Waals surface area contributed by atoms with Gasteiger partial charge in [-0.25, -0.2) is 0 Å². The molecule has 0 amide bonds. The van der Waals surface area contributed by atoms with Crippen LogP contribution in [0.5, 0.6) is 0 Å². The van der Waals surface area contributed by atoms with Gasteiger partial charge in [0.1, 0.15) is 0 Å². The van der Waals surface area contributed by atoms with E-state index in [0.717, 1.165) is 31.7 Å². The molecular formula is C12H24N2O. The lowest BCUT2D eigenvalue weighted by Crippen LogP contribution is -2.33. The van der Waals surface area contributed by atoms with E-state index in [4.69, 9.17) is 4.74 Å². The first-order valence-corrected chi connectivity index (χ1v) is 6.42. The van der Waals surface area contributed by atoms with Crippen molar-refractivity contribution in [2.45, 2.75) is 32.2 Å². The smallest absolute Gasteiger partial charge is 0.0507 e. The quantitative estimate of drug-likeness (QED) is 0.758. The summed E-state index contributed by atoms with van der Waals surface area (Å²) in [6, 6.07) is 0.745. The molecule has 2 heterocycles. The van der Waals surface area contributed by atoms with Crippen molar-refractivity contribution in [3.05, 3.63) is 0 Å². The maximum absolute atomic E-state index is 5.43. The van der Waals surface area contributed by atoms with Crippen molar-refractivity contribution in [2.75, 3.05) is 39.4 Å². The van der Waals surface area contributed by atoms with Crippen LogP contribution in [0, 0.1) is 5.92 Å². The number of rotatable bonds is 3. The van der Waals surface area contributed by atoms with E-state index in [9.17, 15) is 0 Å². The molecule has 2 aliphatic rings. The fourth-order valence-corrected chi connectivity index (χ4v) is 2.60. The maximum atomic E-state index is 5.43. The Hall–Kier alpha value is -0.120. The number of nitrogens with zero attached hydrogens (tertiary/aromatic N) is 1. The van der Waals surface area contributed by atoms with E-state index in [2.05, 4.69) is 17.1 Å². The molecule has 0 aromatic rings. The van der Waals surface area contributed by atoms with Crippen LogP contribution in [0.3, 0.4) is 0 Å². The van der Waals surface area contributed by atoms with Crippen molar-refractivity contribution < 1.29 is 4.74 Å². The van der Waals surface area contributed by atoms with Crippen molar-refractivity contribution in [3.63, 3.8) is 0 Å². The van der Waals surface area contributed by atoms with Crippen LogP contribution in [-0.4, -0.2) is 50.3 Å². The monoisotopic (exact) mass is 212 g/mol. The Morgan fingerprint density at radius 2 is 2.27 bits per heavy atom. The van der Waals surface area contributed by atoms with Gasteiger partial charge in [0.2, 0.25) is 0 Å². The third-order valence-corrected chi connectivity index (χ3v) is 3.69. The predicted octanol–water partition coefficient (Wildman–Crippen LogP) is 1.10. The van der Waals surface area contributed by atoms with Gasteiger partial charge in [0.25, 0.3) is 0 Å². The fourth-order valence-electron chi connectivity index (χ4n) is 2.60. The second kappa shape index (κ2) is 5.83. The normalized spacial score (nSPS) is 34.2. The van der Waals surface area contributed by atoms with Crippen LogP contribution in [-0.2, 0) is 4.74 Å². The zero-order valence-electron chi connectivity index (χ0n) is 9.87. The molecule has 0 aromatic carbocycles. The van der Waals surface area contributed by atoms with Crippen molar-refractivity contribution in [1.82, 2.24) is 10.2 Å². The van der Waals surface area contributed by atoms with Gasteiger partial charge in [-0.1, -0.05) is 6.92 Å². The number of nitrogens with one attached hydrogen (secondary N) is 1. The molecule has 0 radical (unpaired) electrons. The van der Waals surface area contributed by atoms with Gasteiger partial charge in [-0.15, -0.1) is 0 Å². The molecule has 0 spiro atoms. The molecule has 3 nitrogen and oxygen atoms in total. The summed E-state index contributed by atoms with van der Waals surface area (Å²) in [5, 5.41) is 3.61. The summed E-state index contributed by atoms with van der Waals surface area (Å²) in [6.45, 7) is 9.13. The highest BCUT2D eigenvalue weighted by Crippen LogP contribution is 2.15. The molecule has 0 saturated carbocycles. The summed E-state index contributed by atoms with van der Waals surface area (Å²) < 4.78 is 5.43. The summed E-state index contributed by atoms with van der Waals surface area (Å²) in [5.41, 5.74) is 0. The third-order valence-electron chi connectivity index (χ3n) is 3.69. The van der Waals surface area contributed by atoms with E-state index in [1.54, 1.807) is 0 Å². The lowest BCUT2D eigenvalue weighted by molar-refractivity contribution is 0.169. The topological polar surface area (TPSA) is 24.5 Å². The first-order chi connectivity index (χ1) is 7.38. The molecule has 15 heavy (non-hydrogen) atoms. The number of hydrogen-bond acceptors (Lipinski definition) is 3. The highest BCUT2D eigenvalue weighted by Gasteiger charge is 2.21. The average molecular weight is 212 g/mol. The Labute approximate surface area is 93.2 Å². The lowest BCUT2D eigenvalue weighted by atomic mass is 10.1. The van der Waals surface area contributed by atoms with Crippen LogP contribution in [0.1, 0.15) is 26.2 Å². The molecule has 88 valence electrons. The van der Waals surface area contributed by atoms with Gasteiger partial charge in [0.15, 0.2) is 0 Å². The standard InChI is InChI=1S/C12H24N2O/c1-2-12-3-6-14(7-5-13-12)9-11-4-8-15-10-11/h11-13H,2-10H2,1H3. The largest absolute Gasteiger partial charge is 0.381 e. The van der Waals surface area contributed by atoms with Gasteiger partial charge in [0.05, 0.1) is 6.61 Å². The Morgan fingerprint density at radius 3 is 3.00 bits per heavy atom. The average Bonchev–Trinajstić information content (AvgIpc) is 2.64. The van der Waals surface area contributed by atoms with Crippen LogP contribution in [0.4, 0.5) is 0 Å². The molecule has 2 rings (SSSR count). The first kappa shape index (κ1) is 11.4. The van der Waals surface area contributed by atoms with E-state index >= 15 is 0 Å². The molecule has 2 atom stereocenters. The minimum atomic E-state index is 0.745. The van der Waals surface area contributed by atoms with Crippen molar-refractivity contribution in [1.29, 1.82) is 0 Å². The number of ether oxygens (including phenoxy) is 1. The molecule has 0 aromatic heterocycles. The zero-order chi connectivity index (χ0) is 10.5. The molecule has 0 bridgehead atoms. The maximum Gasteiger partial charge on any atom is 0.0507 e. The van der Waals surface area contributed by atoms with Gasteiger partial charge in [-0.3, -0.25) is 0 Å². The van der Waals surface area contributed by atoms with E-state index in [1.165, 1.54) is 38.9 Å². The highest BCUT2D eigenvalue weighted by atomic mass is 16.5. The van der Waals surface area contributed by atoms with Crippen LogP contribution >= 0.6 is 0 Å². The van der Waals surface area contributed by atoms with E-state index in [-0.39, 0.29) is 0 Å². The van der Waals surface area contributed by atoms with Gasteiger partial charge in [-0.05, 0) is 31.7 Å². The predicted molar refractivity (Wildman–Crippen MR) is 62.1 cm³/mol. The summed E-state index contributed by atoms with van der Waals surface area (Å²) in [6.07, 6.45) is 3.84. The van der Waals surface area contributed by atoms with Gasteiger partial charge in [0, 0.05) is 32.3 Å². The Morgan fingerprint density at radius 1 is 1.33 bits per heavy atom. The fraction of sp³-hybridized carbons (Fsp3) is 1.00. The van der Waals surface area contributed by atoms with Crippen LogP contribution in [0.15, 0.2) is 0 Å². The summed E-state index contributed by atoms with van der Waals surface area (Å²) in [7, 11) is 0. The van der Waals surface area contributed by atoms with Gasteiger partial charge in [-0.2, -0.15) is 0 Å². The molecular weight excluding hydrogens is 188 g/mol. The van der Waals surface area contributed by atoms with Gasteiger partial charge >= 0.3 is 0 Å². The van der Waals surface area contributed by atoms with Crippen LogP contribution in [0.2, 0.25) is 0 Å². The minimum absolute atomic E-state index is 0.745. The zero-order valence-corrected chi connectivity index (χ0v) is 9.87. The third kappa shape index (κ3) is 3.44. The lowest BCUT2D eigenvalue weighted by Gasteiger charge is -2.22. The van der Waals surface area contributed by atoms with Crippen LogP contribution < -0.4 is 5.32 Å². The van der Waals surface area contributed by atoms with Gasteiger partial charge < -0.3 is 15.0 Å². The van der Waals surface area contributed by atoms with E-state index in [0.29, 0.717) is 0 Å². The minimum Gasteiger partial charge on any atom is -0.381 e. The van der Waals surface area contributed by atoms with E-state index in [1.807, 2.05) is 0 Å². The Bertz CT molecular complexity index is 180. The summed E-state index contributed by atoms with van der Waals surface area (Å²) in [5.74, 6) is 0.795. The van der Waals surface area contributed by atoms with Crippen molar-refractivity contribution in [3.8, 4) is 0 Å². The Balaban J connectivity index is 1.72. The van der Waals surface area contributed by atoms with Crippen molar-refractivity contribution in [2.24, 2.45) is 5.92 Å². The molecule has 1 N–H and O–H groups in total. The highest BCUT2D eigenvalue weighted by molar-refractivity contribution is 4.76. The molecule has 2 aliphatic heterocycles. The molecule has 2 saturated heterocycles. The molecule has 2 unspecified atom stereocenters. The SMILES string of the molecule is CCC1CCN(CC2CCOC2)CCN1. The molecule has 2 fully saturated rings. The first-order valence-electron chi connectivity index (χ1n) is 6.42. The second-order valence-electron chi connectivity index (χ2n) is 4.88. The second-order valence-corrected chi connectivity index (χ2v) is 4.88. The van der Waals surface area contributed by atoms with E-state index < -0.39 is 0 Å². The summed E-state index contributed by atoms with van der Waals surface area (Å²) in [4.78, 5) is 2.61. The Kier molecular flexibility index (Phi) is 4.42. The van der Waals surface area contributed by atoms with Crippen molar-refractivity contribution >= 4 is 0 Å². The molecule has 0 aliphatic carbocycles. The summed E-state index contributed by atoms with van der Waals surface area (Å²) >= 11 is 0. The molecule has 3 heteroatoms. The number of hydrogen-bond donors (Lipinski definition) is 1.